The van der Waals surface area contributed by atoms with Crippen LogP contribution in [-0.4, -0.2) is 52.0 Å². The lowest BCUT2D eigenvalue weighted by molar-refractivity contribution is 0.0941. The number of nitrogens with one attached hydrogen (secondary N) is 1. The summed E-state index contributed by atoms with van der Waals surface area (Å²) in [5, 5.41) is 7.28. The van der Waals surface area contributed by atoms with Gasteiger partial charge in [-0.1, -0.05) is 19.1 Å². The number of amides is 1. The summed E-state index contributed by atoms with van der Waals surface area (Å²) >= 11 is 0. The molecule has 1 aromatic heterocycles. The first-order valence-corrected chi connectivity index (χ1v) is 9.40. The molecule has 0 aliphatic carbocycles. The molecule has 3 N–H and O–H groups in total. The monoisotopic (exact) mass is 369 g/mol. The lowest BCUT2D eigenvalue weighted by Crippen LogP contribution is -2.40. The van der Waals surface area contributed by atoms with Gasteiger partial charge in [0.2, 0.25) is 0 Å². The predicted octanol–water partition coefficient (Wildman–Crippen LogP) is 2.18. The minimum Gasteiger partial charge on any atom is -0.383 e. The number of aromatic nitrogens is 2. The average Bonchev–Trinajstić information content (AvgIpc) is 3.26. The molecule has 2 heterocycles. The Hall–Kier alpha value is -2.67. The highest BCUT2D eigenvalue weighted by Crippen LogP contribution is 2.22. The Labute approximate surface area is 159 Å². The van der Waals surface area contributed by atoms with Crippen molar-refractivity contribution in [3.8, 4) is 5.69 Å². The second-order valence-corrected chi connectivity index (χ2v) is 7.05. The first kappa shape index (κ1) is 19.1. The maximum atomic E-state index is 12.6. The van der Waals surface area contributed by atoms with E-state index >= 15 is 0 Å². The molecule has 1 aromatic carbocycles. The van der Waals surface area contributed by atoms with Gasteiger partial charge in [-0.2, -0.15) is 5.10 Å². The van der Waals surface area contributed by atoms with Crippen LogP contribution in [0.3, 0.4) is 0 Å². The Morgan fingerprint density at radius 2 is 2.15 bits per heavy atom. The van der Waals surface area contributed by atoms with E-state index in [4.69, 9.17) is 5.73 Å². The van der Waals surface area contributed by atoms with Crippen LogP contribution >= 0.6 is 0 Å². The van der Waals surface area contributed by atoms with Gasteiger partial charge >= 0.3 is 0 Å². The fraction of sp³-hybridized carbons (Fsp3) is 0.450. The van der Waals surface area contributed by atoms with Crippen molar-refractivity contribution in [2.24, 2.45) is 0 Å². The molecule has 27 heavy (non-hydrogen) atoms. The van der Waals surface area contributed by atoms with E-state index in [0.29, 0.717) is 29.4 Å². The molecule has 1 fully saturated rings. The minimum atomic E-state index is -0.220. The number of carbonyl (C=O) groups is 2. The highest BCUT2D eigenvalue weighted by molar-refractivity contribution is 5.98. The summed E-state index contributed by atoms with van der Waals surface area (Å²) in [6.45, 7) is 8.26. The van der Waals surface area contributed by atoms with Crippen LogP contribution in [0, 0.1) is 6.92 Å². The van der Waals surface area contributed by atoms with Crippen LogP contribution in [0.4, 0.5) is 5.82 Å². The molecule has 1 amide bonds. The van der Waals surface area contributed by atoms with Gasteiger partial charge in [-0.15, -0.1) is 0 Å². The molecular formula is C20H27N5O2. The molecule has 1 aliphatic heterocycles. The Kier molecular flexibility index (Phi) is 5.60. The van der Waals surface area contributed by atoms with E-state index in [1.165, 1.54) is 24.2 Å². The van der Waals surface area contributed by atoms with Crippen LogP contribution in [0.2, 0.25) is 0 Å². The summed E-state index contributed by atoms with van der Waals surface area (Å²) in [5.41, 5.74) is 8.77. The van der Waals surface area contributed by atoms with Crippen molar-refractivity contribution < 1.29 is 9.59 Å². The third-order valence-corrected chi connectivity index (χ3v) is 5.30. The normalized spacial score (nSPS) is 17.2. The summed E-state index contributed by atoms with van der Waals surface area (Å²) in [4.78, 5) is 26.7. The van der Waals surface area contributed by atoms with E-state index in [9.17, 15) is 9.59 Å². The Morgan fingerprint density at radius 3 is 2.85 bits per heavy atom. The van der Waals surface area contributed by atoms with Crippen LogP contribution in [0.1, 0.15) is 53.0 Å². The molecule has 7 heteroatoms. The largest absolute Gasteiger partial charge is 0.383 e. The molecule has 2 aromatic rings. The highest BCUT2D eigenvalue weighted by Gasteiger charge is 2.24. The number of carbonyl (C=O) groups excluding carboxylic acids is 2. The average molecular weight is 369 g/mol. The molecule has 3 rings (SSSR count). The smallest absolute Gasteiger partial charge is 0.256 e. The lowest BCUT2D eigenvalue weighted by Gasteiger charge is -2.22. The number of nitrogen functional groups attached to an aromatic ring is 1. The van der Waals surface area contributed by atoms with Crippen molar-refractivity contribution in [1.82, 2.24) is 20.0 Å². The van der Waals surface area contributed by atoms with Gasteiger partial charge < -0.3 is 11.1 Å². The number of aryl methyl sites for hydroxylation is 1. The number of nitrogens with zero attached hydrogens (tertiary/aromatic N) is 3. The van der Waals surface area contributed by atoms with Crippen LogP contribution < -0.4 is 11.1 Å². The fourth-order valence-corrected chi connectivity index (χ4v) is 3.63. The Bertz CT molecular complexity index is 858. The summed E-state index contributed by atoms with van der Waals surface area (Å²) in [6.07, 6.45) is 3.75. The van der Waals surface area contributed by atoms with E-state index < -0.39 is 0 Å². The first-order valence-electron chi connectivity index (χ1n) is 9.40. The lowest BCUT2D eigenvalue weighted by atomic mass is 10.1. The second-order valence-electron chi connectivity index (χ2n) is 7.05. The SMILES string of the molecule is CCN1CCCC1CNC(=O)c1cnn(-c2cc(C(C)=O)ccc2C)c1N. The molecule has 7 nitrogen and oxygen atoms in total. The van der Waals surface area contributed by atoms with Crippen LogP contribution in [0.25, 0.3) is 5.69 Å². The second kappa shape index (κ2) is 7.92. The van der Waals surface area contributed by atoms with Gasteiger partial charge in [0.25, 0.3) is 5.91 Å². The zero-order valence-electron chi connectivity index (χ0n) is 16.2. The van der Waals surface area contributed by atoms with E-state index in [-0.39, 0.29) is 17.5 Å². The van der Waals surface area contributed by atoms with Gasteiger partial charge in [-0.05, 0) is 51.4 Å². The minimum absolute atomic E-state index is 0.0306. The van der Waals surface area contributed by atoms with Gasteiger partial charge in [-0.25, -0.2) is 4.68 Å². The van der Waals surface area contributed by atoms with E-state index in [1.807, 2.05) is 13.0 Å². The van der Waals surface area contributed by atoms with E-state index in [1.54, 1.807) is 12.1 Å². The molecule has 1 saturated heterocycles. The maximum absolute atomic E-state index is 12.6. The topological polar surface area (TPSA) is 93.2 Å². The van der Waals surface area contributed by atoms with Crippen molar-refractivity contribution in [3.63, 3.8) is 0 Å². The van der Waals surface area contributed by atoms with Crippen LogP contribution in [0.5, 0.6) is 0 Å². The van der Waals surface area contributed by atoms with Gasteiger partial charge in [0, 0.05) is 18.2 Å². The van der Waals surface area contributed by atoms with E-state index in [2.05, 4.69) is 22.2 Å². The summed E-state index contributed by atoms with van der Waals surface area (Å²) in [7, 11) is 0. The third-order valence-electron chi connectivity index (χ3n) is 5.30. The molecule has 0 saturated carbocycles. The quantitative estimate of drug-likeness (QED) is 0.761. The predicted molar refractivity (Wildman–Crippen MR) is 105 cm³/mol. The van der Waals surface area contributed by atoms with Crippen molar-refractivity contribution in [2.45, 2.75) is 39.7 Å². The molecular weight excluding hydrogens is 342 g/mol. The van der Waals surface area contributed by atoms with Crippen molar-refractivity contribution in [3.05, 3.63) is 41.1 Å². The number of ketones is 1. The van der Waals surface area contributed by atoms with Gasteiger partial charge in [0.05, 0.1) is 11.9 Å². The van der Waals surface area contributed by atoms with Crippen LogP contribution in [0.15, 0.2) is 24.4 Å². The summed E-state index contributed by atoms with van der Waals surface area (Å²) in [5.74, 6) is 0.0223. The molecule has 0 spiro atoms. The number of rotatable bonds is 6. The number of Topliss-reactive ketones (excluding diaryl/α,β-unsaturated/α-hetero) is 1. The Balaban J connectivity index is 1.78. The van der Waals surface area contributed by atoms with Gasteiger partial charge in [0.15, 0.2) is 5.78 Å². The number of nitrogens with two attached hydrogens (primary N) is 1. The Morgan fingerprint density at radius 1 is 1.37 bits per heavy atom. The zero-order chi connectivity index (χ0) is 19.6. The third kappa shape index (κ3) is 3.88. The summed E-state index contributed by atoms with van der Waals surface area (Å²) in [6, 6.07) is 5.76. The summed E-state index contributed by atoms with van der Waals surface area (Å²) < 4.78 is 1.52. The fourth-order valence-electron chi connectivity index (χ4n) is 3.63. The maximum Gasteiger partial charge on any atom is 0.256 e. The molecule has 0 radical (unpaired) electrons. The van der Waals surface area contributed by atoms with Gasteiger partial charge in [0.1, 0.15) is 11.4 Å². The molecule has 0 bridgehead atoms. The standard InChI is InChI=1S/C20H27N5O2/c1-4-24-9-5-6-16(24)11-22-20(27)17-12-23-25(19(17)21)18-10-15(14(3)26)8-7-13(18)2/h7-8,10,12,16H,4-6,9,11,21H2,1-3H3,(H,22,27). The van der Waals surface area contributed by atoms with Crippen LogP contribution in [-0.2, 0) is 0 Å². The van der Waals surface area contributed by atoms with Crippen molar-refractivity contribution in [2.75, 3.05) is 25.4 Å². The van der Waals surface area contributed by atoms with Gasteiger partial charge in [-0.3, -0.25) is 14.5 Å². The number of likely N-dealkylation sites (N-methyl/N-ethyl adjacent to an activating group) is 1. The first-order chi connectivity index (χ1) is 12.9. The number of likely N-dealkylation sites (tertiary alicyclic amines) is 1. The molecule has 1 atom stereocenters. The number of hydrogen-bond acceptors (Lipinski definition) is 5. The zero-order valence-corrected chi connectivity index (χ0v) is 16.2. The molecule has 1 unspecified atom stereocenters. The highest BCUT2D eigenvalue weighted by atomic mass is 16.1. The van der Waals surface area contributed by atoms with E-state index in [0.717, 1.165) is 25.1 Å². The molecule has 144 valence electrons. The van der Waals surface area contributed by atoms with Crippen molar-refractivity contribution >= 4 is 17.5 Å². The number of hydrogen-bond donors (Lipinski definition) is 2. The number of benzene rings is 1. The molecule has 1 aliphatic rings. The van der Waals surface area contributed by atoms with Crippen molar-refractivity contribution in [1.29, 1.82) is 0 Å². The number of anilines is 1.